The predicted molar refractivity (Wildman–Crippen MR) is 98.7 cm³/mol. The molecule has 3 aromatic rings. The summed E-state index contributed by atoms with van der Waals surface area (Å²) in [6.07, 6.45) is 6.84. The Kier molecular flexibility index (Phi) is 3.38. The maximum absolute atomic E-state index is 5.41. The Labute approximate surface area is 151 Å². The summed E-state index contributed by atoms with van der Waals surface area (Å²) in [4.78, 5) is 2.30. The van der Waals surface area contributed by atoms with Gasteiger partial charge in [0.2, 0.25) is 5.89 Å². The van der Waals surface area contributed by atoms with Crippen LogP contribution in [0.4, 0.5) is 5.82 Å². The lowest BCUT2D eigenvalue weighted by molar-refractivity contribution is 0.409. The zero-order chi connectivity index (χ0) is 17.6. The molecule has 6 nitrogen and oxygen atoms in total. The van der Waals surface area contributed by atoms with Crippen LogP contribution in [-0.2, 0) is 5.41 Å². The molecule has 2 aliphatic rings. The zero-order valence-corrected chi connectivity index (χ0v) is 14.6. The highest BCUT2D eigenvalue weighted by molar-refractivity contribution is 5.65. The summed E-state index contributed by atoms with van der Waals surface area (Å²) in [6.45, 7) is 3.69. The van der Waals surface area contributed by atoms with Gasteiger partial charge in [-0.1, -0.05) is 36.4 Å². The van der Waals surface area contributed by atoms with E-state index >= 15 is 0 Å². The van der Waals surface area contributed by atoms with Gasteiger partial charge in [0.25, 0.3) is 5.89 Å². The van der Waals surface area contributed by atoms with Crippen LogP contribution in [0.25, 0.3) is 17.7 Å². The third-order valence-electron chi connectivity index (χ3n) is 5.45. The highest BCUT2D eigenvalue weighted by atomic mass is 16.4. The first-order valence-electron chi connectivity index (χ1n) is 8.91. The van der Waals surface area contributed by atoms with E-state index in [1.807, 2.05) is 12.1 Å². The summed E-state index contributed by atoms with van der Waals surface area (Å²) < 4.78 is 5.41. The first kappa shape index (κ1) is 15.3. The maximum atomic E-state index is 5.41. The van der Waals surface area contributed by atoms with Crippen LogP contribution in [0.5, 0.6) is 0 Å². The van der Waals surface area contributed by atoms with Crippen LogP contribution < -0.4 is 4.90 Å². The molecule has 1 saturated heterocycles. The van der Waals surface area contributed by atoms with E-state index in [2.05, 4.69) is 61.7 Å². The second-order valence-corrected chi connectivity index (χ2v) is 6.97. The van der Waals surface area contributed by atoms with Crippen LogP contribution in [0, 0.1) is 6.92 Å². The minimum atomic E-state index is 0.182. The number of aryl methyl sites for hydroxylation is 1. The standard InChI is InChI=1S/C20H19N5O/c1-14-21-24-19(26-14)17-6-7-18(23-22-17)25-12-10-20(11-13-25)9-8-15-4-2-3-5-16(15)20/h2-9H,10-13H2,1H3. The van der Waals surface area contributed by atoms with Gasteiger partial charge in [-0.05, 0) is 36.1 Å². The van der Waals surface area contributed by atoms with Crippen molar-refractivity contribution < 1.29 is 4.42 Å². The Bertz CT molecular complexity index is 968. The van der Waals surface area contributed by atoms with Crippen LogP contribution in [0.1, 0.15) is 29.9 Å². The fourth-order valence-electron chi connectivity index (χ4n) is 4.01. The van der Waals surface area contributed by atoms with Crippen molar-refractivity contribution in [3.63, 3.8) is 0 Å². The molecule has 1 aliphatic carbocycles. The lowest BCUT2D eigenvalue weighted by atomic mass is 9.74. The molecule has 0 bridgehead atoms. The highest BCUT2D eigenvalue weighted by Crippen LogP contribution is 2.44. The van der Waals surface area contributed by atoms with Crippen molar-refractivity contribution in [1.82, 2.24) is 20.4 Å². The number of anilines is 1. The Morgan fingerprint density at radius 3 is 2.54 bits per heavy atom. The van der Waals surface area contributed by atoms with E-state index in [1.165, 1.54) is 11.1 Å². The summed E-state index contributed by atoms with van der Waals surface area (Å²) in [5.41, 5.74) is 3.62. The number of benzene rings is 1. The molecule has 1 aliphatic heterocycles. The fourth-order valence-corrected chi connectivity index (χ4v) is 4.01. The van der Waals surface area contributed by atoms with Crippen LogP contribution in [-0.4, -0.2) is 33.5 Å². The number of allylic oxidation sites excluding steroid dienone is 1. The number of piperidine rings is 1. The molecule has 130 valence electrons. The highest BCUT2D eigenvalue weighted by Gasteiger charge is 2.38. The van der Waals surface area contributed by atoms with Gasteiger partial charge in [0, 0.05) is 25.4 Å². The fraction of sp³-hybridized carbons (Fsp3) is 0.300. The molecule has 5 rings (SSSR count). The van der Waals surface area contributed by atoms with Gasteiger partial charge < -0.3 is 9.32 Å². The molecule has 26 heavy (non-hydrogen) atoms. The van der Waals surface area contributed by atoms with E-state index in [4.69, 9.17) is 4.42 Å². The second-order valence-electron chi connectivity index (χ2n) is 6.97. The third kappa shape index (κ3) is 2.41. The predicted octanol–water partition coefficient (Wildman–Crippen LogP) is 3.40. The Morgan fingerprint density at radius 2 is 1.81 bits per heavy atom. The van der Waals surface area contributed by atoms with Crippen molar-refractivity contribution in [2.24, 2.45) is 0 Å². The monoisotopic (exact) mass is 345 g/mol. The Morgan fingerprint density at radius 1 is 0.962 bits per heavy atom. The molecule has 0 saturated carbocycles. The molecule has 1 aromatic carbocycles. The molecule has 2 aromatic heterocycles. The first-order valence-corrected chi connectivity index (χ1v) is 8.91. The zero-order valence-electron chi connectivity index (χ0n) is 14.6. The van der Waals surface area contributed by atoms with E-state index < -0.39 is 0 Å². The number of hydrogen-bond acceptors (Lipinski definition) is 6. The van der Waals surface area contributed by atoms with Gasteiger partial charge in [-0.3, -0.25) is 0 Å². The van der Waals surface area contributed by atoms with E-state index in [9.17, 15) is 0 Å². The normalized spacial score (nSPS) is 17.7. The quantitative estimate of drug-likeness (QED) is 0.709. The number of rotatable bonds is 2. The lowest BCUT2D eigenvalue weighted by Gasteiger charge is -2.39. The van der Waals surface area contributed by atoms with E-state index in [-0.39, 0.29) is 5.41 Å². The lowest BCUT2D eigenvalue weighted by Crippen LogP contribution is -2.41. The summed E-state index contributed by atoms with van der Waals surface area (Å²) in [7, 11) is 0. The van der Waals surface area contributed by atoms with Crippen LogP contribution in [0.3, 0.4) is 0 Å². The molecule has 0 atom stereocenters. The SMILES string of the molecule is Cc1nnc(-c2ccc(N3CCC4(C=Cc5ccccc54)CC3)nn2)o1. The molecule has 0 unspecified atom stereocenters. The maximum Gasteiger partial charge on any atom is 0.268 e. The van der Waals surface area contributed by atoms with Gasteiger partial charge >= 0.3 is 0 Å². The van der Waals surface area contributed by atoms with Gasteiger partial charge in [0.05, 0.1) is 0 Å². The number of hydrogen-bond donors (Lipinski definition) is 0. The van der Waals surface area contributed by atoms with Crippen molar-refractivity contribution >= 4 is 11.9 Å². The number of fused-ring (bicyclic) bond motifs is 2. The smallest absolute Gasteiger partial charge is 0.268 e. The van der Waals surface area contributed by atoms with Crippen molar-refractivity contribution in [3.8, 4) is 11.6 Å². The van der Waals surface area contributed by atoms with Gasteiger partial charge in [0.1, 0.15) is 5.69 Å². The molecule has 0 N–H and O–H groups in total. The van der Waals surface area contributed by atoms with E-state index in [0.29, 0.717) is 17.5 Å². The van der Waals surface area contributed by atoms with Crippen molar-refractivity contribution in [1.29, 1.82) is 0 Å². The molecule has 1 fully saturated rings. The number of nitrogens with zero attached hydrogens (tertiary/aromatic N) is 5. The van der Waals surface area contributed by atoms with Gasteiger partial charge in [-0.2, -0.15) is 0 Å². The summed E-state index contributed by atoms with van der Waals surface area (Å²) in [6, 6.07) is 12.6. The van der Waals surface area contributed by atoms with Crippen molar-refractivity contribution in [3.05, 3.63) is 59.5 Å². The van der Waals surface area contributed by atoms with Crippen LogP contribution in [0.15, 0.2) is 46.9 Å². The van der Waals surface area contributed by atoms with Gasteiger partial charge in [-0.15, -0.1) is 20.4 Å². The molecule has 1 spiro atoms. The van der Waals surface area contributed by atoms with E-state index in [0.717, 1.165) is 31.7 Å². The summed E-state index contributed by atoms with van der Waals surface area (Å²) in [5.74, 6) is 1.83. The van der Waals surface area contributed by atoms with Gasteiger partial charge in [-0.25, -0.2) is 0 Å². The van der Waals surface area contributed by atoms with E-state index in [1.54, 1.807) is 6.92 Å². The topological polar surface area (TPSA) is 67.9 Å². The van der Waals surface area contributed by atoms with Crippen molar-refractivity contribution in [2.45, 2.75) is 25.2 Å². The minimum Gasteiger partial charge on any atom is -0.420 e. The average Bonchev–Trinajstić information content (AvgIpc) is 3.28. The average molecular weight is 345 g/mol. The van der Waals surface area contributed by atoms with Gasteiger partial charge in [0.15, 0.2) is 5.82 Å². The third-order valence-corrected chi connectivity index (χ3v) is 5.45. The largest absolute Gasteiger partial charge is 0.420 e. The molecular weight excluding hydrogens is 326 g/mol. The summed E-state index contributed by atoms with van der Waals surface area (Å²) >= 11 is 0. The first-order chi connectivity index (χ1) is 12.7. The number of aromatic nitrogens is 4. The van der Waals surface area contributed by atoms with Crippen LogP contribution in [0.2, 0.25) is 0 Å². The Balaban J connectivity index is 1.33. The molecule has 0 amide bonds. The second kappa shape index (κ2) is 5.76. The minimum absolute atomic E-state index is 0.182. The molecule has 0 radical (unpaired) electrons. The van der Waals surface area contributed by atoms with Crippen LogP contribution >= 0.6 is 0 Å². The summed E-state index contributed by atoms with van der Waals surface area (Å²) in [5, 5.41) is 16.5. The molecule has 6 heteroatoms. The molecular formula is C20H19N5O. The molecule has 3 heterocycles. The van der Waals surface area contributed by atoms with Crippen molar-refractivity contribution in [2.75, 3.05) is 18.0 Å². The Hall–Kier alpha value is -3.02.